The van der Waals surface area contributed by atoms with Gasteiger partial charge >= 0.3 is 6.09 Å². The first kappa shape index (κ1) is 33.0. The number of imide groups is 1. The van der Waals surface area contributed by atoms with Crippen molar-refractivity contribution in [3.63, 3.8) is 0 Å². The predicted octanol–water partition coefficient (Wildman–Crippen LogP) is 4.64. The molecule has 5 rings (SSSR count). The predicted molar refractivity (Wildman–Crippen MR) is 171 cm³/mol. The van der Waals surface area contributed by atoms with Crippen LogP contribution < -0.4 is 5.32 Å². The summed E-state index contributed by atoms with van der Waals surface area (Å²) in [7, 11) is 2.02. The average Bonchev–Trinajstić information content (AvgIpc) is 3.32. The standard InChI is InChI=1S/C36H41N3O7/c1-4-18-38(3)21-31-24(2)33(28-14-12-26(22-40)13-15-28)46-35(45-31)29-16-10-25(11-17-29)20-39-32(41)19-30(34(39)42)37-36(43)44-23-27-8-6-5-7-9-27/h4-17,24,30-31,33,35,40H,1,18-23H2,2-3H3,(H,37,43). The van der Waals surface area contributed by atoms with Crippen molar-refractivity contribution in [1.82, 2.24) is 15.1 Å². The minimum absolute atomic E-state index is 0.0263. The van der Waals surface area contributed by atoms with Crippen LogP contribution in [0.25, 0.3) is 0 Å². The molecule has 3 amide bonds. The maximum atomic E-state index is 13.0. The Morgan fingerprint density at radius 3 is 2.35 bits per heavy atom. The number of aliphatic hydroxyl groups excluding tert-OH is 1. The van der Waals surface area contributed by atoms with Crippen LogP contribution in [0.4, 0.5) is 4.79 Å². The highest BCUT2D eigenvalue weighted by atomic mass is 16.7. The lowest BCUT2D eigenvalue weighted by Gasteiger charge is -2.42. The Hall–Kier alpha value is -4.35. The van der Waals surface area contributed by atoms with Crippen molar-refractivity contribution in [2.75, 3.05) is 20.1 Å². The molecule has 3 aromatic carbocycles. The van der Waals surface area contributed by atoms with Crippen molar-refractivity contribution in [2.24, 2.45) is 5.92 Å². The van der Waals surface area contributed by atoms with Crippen LogP contribution in [0.15, 0.2) is 91.5 Å². The molecule has 2 aliphatic heterocycles. The van der Waals surface area contributed by atoms with Gasteiger partial charge < -0.3 is 29.5 Å². The smallest absolute Gasteiger partial charge is 0.408 e. The van der Waals surface area contributed by atoms with E-state index in [-0.39, 0.29) is 50.2 Å². The normalized spacial score (nSPS) is 23.0. The number of alkyl carbamates (subject to hydrolysis) is 1. The Balaban J connectivity index is 1.23. The highest BCUT2D eigenvalue weighted by Crippen LogP contribution is 2.41. The lowest BCUT2D eigenvalue weighted by Crippen LogP contribution is -2.43. The summed E-state index contributed by atoms with van der Waals surface area (Å²) < 4.78 is 18.2. The summed E-state index contributed by atoms with van der Waals surface area (Å²) in [6.45, 7) is 7.49. The zero-order valence-electron chi connectivity index (χ0n) is 26.2. The van der Waals surface area contributed by atoms with E-state index >= 15 is 0 Å². The van der Waals surface area contributed by atoms with Crippen LogP contribution in [-0.2, 0) is 43.6 Å². The topological polar surface area (TPSA) is 118 Å². The number of benzene rings is 3. The van der Waals surface area contributed by atoms with Crippen molar-refractivity contribution in [2.45, 2.75) is 57.6 Å². The van der Waals surface area contributed by atoms with Crippen LogP contribution in [0.3, 0.4) is 0 Å². The molecule has 10 nitrogen and oxygen atoms in total. The summed E-state index contributed by atoms with van der Waals surface area (Å²) >= 11 is 0. The van der Waals surface area contributed by atoms with E-state index in [0.29, 0.717) is 6.54 Å². The fourth-order valence-corrected chi connectivity index (χ4v) is 5.76. The van der Waals surface area contributed by atoms with Gasteiger partial charge in [0.25, 0.3) is 5.91 Å². The third kappa shape index (κ3) is 8.07. The van der Waals surface area contributed by atoms with E-state index in [1.165, 1.54) is 0 Å². The van der Waals surface area contributed by atoms with Gasteiger partial charge in [-0.25, -0.2) is 4.79 Å². The highest BCUT2D eigenvalue weighted by Gasteiger charge is 2.40. The number of amides is 3. The number of nitrogens with zero attached hydrogens (tertiary/aromatic N) is 2. The Kier molecular flexibility index (Phi) is 11.0. The van der Waals surface area contributed by atoms with E-state index < -0.39 is 24.3 Å². The number of hydrogen-bond donors (Lipinski definition) is 2. The number of aliphatic hydroxyl groups is 1. The van der Waals surface area contributed by atoms with E-state index in [4.69, 9.17) is 14.2 Å². The van der Waals surface area contributed by atoms with Crippen LogP contribution in [0, 0.1) is 5.92 Å². The van der Waals surface area contributed by atoms with Gasteiger partial charge in [-0.1, -0.05) is 91.9 Å². The molecule has 2 saturated heterocycles. The fourth-order valence-electron chi connectivity index (χ4n) is 5.76. The second-order valence-corrected chi connectivity index (χ2v) is 11.9. The fraction of sp³-hybridized carbons (Fsp3) is 0.361. The Morgan fingerprint density at radius 2 is 1.67 bits per heavy atom. The summed E-state index contributed by atoms with van der Waals surface area (Å²) in [6.07, 6.45) is -0.0229. The van der Waals surface area contributed by atoms with Crippen molar-refractivity contribution in [1.29, 1.82) is 0 Å². The highest BCUT2D eigenvalue weighted by molar-refractivity contribution is 6.06. The van der Waals surface area contributed by atoms with Gasteiger partial charge in [-0.05, 0) is 29.3 Å². The number of likely N-dealkylation sites (N-methyl/N-ethyl adjacent to an activating group) is 1. The van der Waals surface area contributed by atoms with Crippen LogP contribution in [-0.4, -0.2) is 65.1 Å². The van der Waals surface area contributed by atoms with E-state index in [9.17, 15) is 19.5 Å². The number of rotatable bonds is 12. The molecule has 0 spiro atoms. The lowest BCUT2D eigenvalue weighted by molar-refractivity contribution is -0.275. The number of carbonyl (C=O) groups is 3. The Morgan fingerprint density at radius 1 is 1.00 bits per heavy atom. The molecule has 0 radical (unpaired) electrons. The first-order chi connectivity index (χ1) is 22.2. The Bertz CT molecular complexity index is 1500. The number of ether oxygens (including phenoxy) is 3. The first-order valence-corrected chi connectivity index (χ1v) is 15.5. The van der Waals surface area contributed by atoms with E-state index in [1.54, 1.807) is 0 Å². The molecular weight excluding hydrogens is 586 g/mol. The van der Waals surface area contributed by atoms with Gasteiger partial charge in [0.1, 0.15) is 12.6 Å². The zero-order chi connectivity index (χ0) is 32.6. The lowest BCUT2D eigenvalue weighted by atomic mass is 9.90. The summed E-state index contributed by atoms with van der Waals surface area (Å²) in [5.41, 5.74) is 4.21. The van der Waals surface area contributed by atoms with Gasteiger partial charge in [0.2, 0.25) is 5.91 Å². The SMILES string of the molecule is C=CCN(C)CC1OC(c2ccc(CN3C(=O)CC(NC(=O)OCc4ccccc4)C3=O)cc2)OC(c2ccc(CO)cc2)C1C. The number of nitrogens with one attached hydrogen (secondary N) is 1. The monoisotopic (exact) mass is 627 g/mol. The van der Waals surface area contributed by atoms with Crippen molar-refractivity contribution in [3.05, 3.63) is 119 Å². The van der Waals surface area contributed by atoms with Gasteiger partial charge in [0.15, 0.2) is 6.29 Å². The van der Waals surface area contributed by atoms with E-state index in [0.717, 1.165) is 39.3 Å². The first-order valence-electron chi connectivity index (χ1n) is 15.5. The number of hydrogen-bond acceptors (Lipinski definition) is 8. The molecule has 0 saturated carbocycles. The summed E-state index contributed by atoms with van der Waals surface area (Å²) in [4.78, 5) is 41.4. The molecule has 0 aliphatic carbocycles. The maximum Gasteiger partial charge on any atom is 0.408 e. The summed E-state index contributed by atoms with van der Waals surface area (Å²) in [5, 5.41) is 12.0. The van der Waals surface area contributed by atoms with Gasteiger partial charge in [-0.3, -0.25) is 14.5 Å². The van der Waals surface area contributed by atoms with Gasteiger partial charge in [0, 0.05) is 24.6 Å². The van der Waals surface area contributed by atoms with Crippen molar-refractivity contribution >= 4 is 17.9 Å². The number of carbonyl (C=O) groups excluding carboxylic acids is 3. The van der Waals surface area contributed by atoms with Gasteiger partial charge in [-0.2, -0.15) is 0 Å². The molecule has 2 fully saturated rings. The van der Waals surface area contributed by atoms with E-state index in [2.05, 4.69) is 23.7 Å². The molecule has 46 heavy (non-hydrogen) atoms. The van der Waals surface area contributed by atoms with Crippen LogP contribution >= 0.6 is 0 Å². The summed E-state index contributed by atoms with van der Waals surface area (Å²) in [5.74, 6) is -0.788. The molecule has 2 N–H and O–H groups in total. The third-order valence-corrected chi connectivity index (χ3v) is 8.40. The molecule has 10 heteroatoms. The molecule has 0 aromatic heterocycles. The third-order valence-electron chi connectivity index (χ3n) is 8.40. The van der Waals surface area contributed by atoms with Crippen LogP contribution in [0.2, 0.25) is 0 Å². The van der Waals surface area contributed by atoms with E-state index in [1.807, 2.05) is 92.0 Å². The number of likely N-dealkylation sites (tertiary alicyclic amines) is 1. The second kappa shape index (κ2) is 15.3. The maximum absolute atomic E-state index is 13.0. The van der Waals surface area contributed by atoms with Crippen LogP contribution in [0.1, 0.15) is 53.6 Å². The van der Waals surface area contributed by atoms with Gasteiger partial charge in [-0.15, -0.1) is 6.58 Å². The average molecular weight is 628 g/mol. The second-order valence-electron chi connectivity index (χ2n) is 11.9. The molecule has 3 aromatic rings. The minimum atomic E-state index is -0.972. The molecule has 5 atom stereocenters. The molecule has 2 heterocycles. The zero-order valence-corrected chi connectivity index (χ0v) is 26.2. The quantitative estimate of drug-likeness (QED) is 0.220. The Labute approximate surface area is 269 Å². The van der Waals surface area contributed by atoms with Crippen molar-refractivity contribution in [3.8, 4) is 0 Å². The summed E-state index contributed by atoms with van der Waals surface area (Å²) in [6, 6.07) is 23.5. The largest absolute Gasteiger partial charge is 0.445 e. The molecule has 2 aliphatic rings. The molecule has 5 unspecified atom stereocenters. The molecule has 242 valence electrons. The van der Waals surface area contributed by atoms with Gasteiger partial charge in [0.05, 0.1) is 31.8 Å². The van der Waals surface area contributed by atoms with Crippen molar-refractivity contribution < 1.29 is 33.7 Å². The minimum Gasteiger partial charge on any atom is -0.445 e. The molecular formula is C36H41N3O7. The molecule has 0 bridgehead atoms. The van der Waals surface area contributed by atoms with Crippen LogP contribution in [0.5, 0.6) is 0 Å².